The van der Waals surface area contributed by atoms with E-state index in [4.69, 9.17) is 19.4 Å². The molecular formula is C44H26N4OS. The lowest BCUT2D eigenvalue weighted by atomic mass is 9.94. The third kappa shape index (κ3) is 4.61. The van der Waals surface area contributed by atoms with E-state index in [1.807, 2.05) is 78.2 Å². The van der Waals surface area contributed by atoms with E-state index in [1.54, 1.807) is 6.20 Å². The fraction of sp³-hybridized carbons (Fsp3) is 0. The molecule has 0 aliphatic heterocycles. The van der Waals surface area contributed by atoms with Crippen molar-refractivity contribution in [2.75, 3.05) is 0 Å². The summed E-state index contributed by atoms with van der Waals surface area (Å²) in [6.45, 7) is 0. The van der Waals surface area contributed by atoms with Crippen LogP contribution in [0.25, 0.3) is 98.5 Å². The molecule has 0 radical (unpaired) electrons. The van der Waals surface area contributed by atoms with Crippen molar-refractivity contribution in [1.29, 1.82) is 0 Å². The van der Waals surface area contributed by atoms with Crippen LogP contribution in [0, 0.1) is 0 Å². The van der Waals surface area contributed by atoms with Crippen LogP contribution in [0.5, 0.6) is 0 Å². The van der Waals surface area contributed by atoms with Crippen LogP contribution in [0.15, 0.2) is 162 Å². The Kier molecular flexibility index (Phi) is 6.60. The summed E-state index contributed by atoms with van der Waals surface area (Å²) < 4.78 is 9.29. The molecule has 0 fully saturated rings. The largest absolute Gasteiger partial charge is 0.455 e. The second kappa shape index (κ2) is 11.6. The Hall–Kier alpha value is -6.50. The van der Waals surface area contributed by atoms with E-state index in [0.717, 1.165) is 55.3 Å². The highest BCUT2D eigenvalue weighted by atomic mass is 32.1. The lowest BCUT2D eigenvalue weighted by molar-refractivity contribution is 0.669. The number of benzene rings is 6. The molecule has 6 heteroatoms. The first-order valence-corrected chi connectivity index (χ1v) is 17.3. The topological polar surface area (TPSA) is 64.7 Å². The van der Waals surface area contributed by atoms with Crippen molar-refractivity contribution in [2.45, 2.75) is 0 Å². The number of hydrogen-bond donors (Lipinski definition) is 0. The number of aromatic nitrogens is 4. The minimum Gasteiger partial charge on any atom is -0.455 e. The Morgan fingerprint density at radius 2 is 1.06 bits per heavy atom. The summed E-state index contributed by atoms with van der Waals surface area (Å²) in [6.07, 6.45) is 3.65. The van der Waals surface area contributed by atoms with Gasteiger partial charge in [-0.25, -0.2) is 15.0 Å². The molecule has 6 aromatic carbocycles. The van der Waals surface area contributed by atoms with Crippen molar-refractivity contribution in [3.05, 3.63) is 158 Å². The monoisotopic (exact) mass is 658 g/mol. The van der Waals surface area contributed by atoms with Gasteiger partial charge in [0.05, 0.1) is 5.56 Å². The molecule has 0 amide bonds. The molecule has 0 unspecified atom stereocenters. The molecule has 0 aliphatic carbocycles. The van der Waals surface area contributed by atoms with Gasteiger partial charge in [0, 0.05) is 60.0 Å². The van der Waals surface area contributed by atoms with Gasteiger partial charge in [0.2, 0.25) is 0 Å². The molecule has 10 rings (SSSR count). The maximum Gasteiger partial charge on any atom is 0.167 e. The molecule has 0 saturated heterocycles. The van der Waals surface area contributed by atoms with Crippen molar-refractivity contribution < 1.29 is 4.42 Å². The Bertz CT molecular complexity index is 2880. The first kappa shape index (κ1) is 28.5. The number of hydrogen-bond acceptors (Lipinski definition) is 6. The van der Waals surface area contributed by atoms with E-state index in [2.05, 4.69) is 89.9 Å². The predicted octanol–water partition coefficient (Wildman–Crippen LogP) is 11.9. The van der Waals surface area contributed by atoms with Gasteiger partial charge in [-0.15, -0.1) is 11.3 Å². The Morgan fingerprint density at radius 3 is 1.92 bits per heavy atom. The van der Waals surface area contributed by atoms with Gasteiger partial charge in [-0.3, -0.25) is 4.98 Å². The molecule has 5 nitrogen and oxygen atoms in total. The molecule has 0 aliphatic rings. The summed E-state index contributed by atoms with van der Waals surface area (Å²) in [4.78, 5) is 19.7. The molecule has 234 valence electrons. The number of nitrogens with zero attached hydrogens (tertiary/aromatic N) is 4. The summed E-state index contributed by atoms with van der Waals surface area (Å²) >= 11 is 1.83. The van der Waals surface area contributed by atoms with Gasteiger partial charge in [-0.2, -0.15) is 0 Å². The van der Waals surface area contributed by atoms with Crippen LogP contribution in [-0.4, -0.2) is 19.9 Å². The van der Waals surface area contributed by atoms with Gasteiger partial charge in [0.25, 0.3) is 0 Å². The van der Waals surface area contributed by atoms with Gasteiger partial charge in [-0.05, 0) is 47.0 Å². The van der Waals surface area contributed by atoms with E-state index >= 15 is 0 Å². The predicted molar refractivity (Wildman–Crippen MR) is 205 cm³/mol. The van der Waals surface area contributed by atoms with Gasteiger partial charge < -0.3 is 4.42 Å². The minimum atomic E-state index is 0.546. The molecule has 4 heterocycles. The maximum atomic E-state index is 6.76. The van der Waals surface area contributed by atoms with Crippen LogP contribution >= 0.6 is 11.3 Å². The maximum absolute atomic E-state index is 6.76. The Morgan fingerprint density at radius 1 is 0.420 bits per heavy atom. The number of rotatable bonds is 5. The standard InChI is InChI=1S/C44H26N4OS/c1-2-12-27(13-3-1)42-46-43(32-16-5-4-15-29(32)28-14-11-25-45-26-28)48-44(47-42)35-24-23-31(40-33-17-6-8-20-36(33)49-41(35)40)30-19-10-22-38-39(30)34-18-7-9-21-37(34)50-38/h1-26H. The summed E-state index contributed by atoms with van der Waals surface area (Å²) in [5, 5.41) is 4.61. The zero-order chi connectivity index (χ0) is 33.0. The minimum absolute atomic E-state index is 0.546. The third-order valence-corrected chi connectivity index (χ3v) is 10.4. The van der Waals surface area contributed by atoms with Crippen LogP contribution in [0.1, 0.15) is 0 Å². The molecule has 0 spiro atoms. The van der Waals surface area contributed by atoms with E-state index < -0.39 is 0 Å². The smallest absolute Gasteiger partial charge is 0.167 e. The molecular weight excluding hydrogens is 633 g/mol. The van der Waals surface area contributed by atoms with E-state index in [1.165, 1.54) is 25.7 Å². The fourth-order valence-electron chi connectivity index (χ4n) is 7.01. The lowest BCUT2D eigenvalue weighted by Crippen LogP contribution is -2.01. The Balaban J connectivity index is 1.26. The SMILES string of the molecule is c1ccc(-c2nc(-c3ccccc3-c3cccnc3)nc(-c3ccc(-c4cccc5sc6ccccc6c45)c4c3oc3ccccc34)n2)cc1. The second-order valence-electron chi connectivity index (χ2n) is 12.2. The van der Waals surface area contributed by atoms with Gasteiger partial charge in [0.15, 0.2) is 17.5 Å². The highest BCUT2D eigenvalue weighted by Gasteiger charge is 2.23. The van der Waals surface area contributed by atoms with Crippen LogP contribution in [0.2, 0.25) is 0 Å². The molecule has 0 saturated carbocycles. The zero-order valence-corrected chi connectivity index (χ0v) is 27.4. The van der Waals surface area contributed by atoms with Crippen molar-refractivity contribution in [3.63, 3.8) is 0 Å². The van der Waals surface area contributed by atoms with E-state index in [9.17, 15) is 0 Å². The average Bonchev–Trinajstić information content (AvgIpc) is 3.77. The van der Waals surface area contributed by atoms with E-state index in [0.29, 0.717) is 17.5 Å². The quantitative estimate of drug-likeness (QED) is 0.184. The molecule has 10 aromatic rings. The lowest BCUT2D eigenvalue weighted by Gasteiger charge is -2.13. The van der Waals surface area contributed by atoms with Crippen LogP contribution in [0.3, 0.4) is 0 Å². The molecule has 50 heavy (non-hydrogen) atoms. The zero-order valence-electron chi connectivity index (χ0n) is 26.6. The second-order valence-corrected chi connectivity index (χ2v) is 13.3. The summed E-state index contributed by atoms with van der Waals surface area (Å²) in [6, 6.07) is 50.0. The number of furan rings is 1. The highest BCUT2D eigenvalue weighted by molar-refractivity contribution is 7.25. The molecule has 4 aromatic heterocycles. The summed E-state index contributed by atoms with van der Waals surface area (Å²) in [7, 11) is 0. The van der Waals surface area contributed by atoms with E-state index in [-0.39, 0.29) is 0 Å². The Labute approximate surface area is 291 Å². The van der Waals surface area contributed by atoms with Crippen LogP contribution in [-0.2, 0) is 0 Å². The average molecular weight is 659 g/mol. The van der Waals surface area contributed by atoms with Crippen molar-refractivity contribution in [3.8, 4) is 56.4 Å². The molecule has 0 atom stereocenters. The first-order valence-electron chi connectivity index (χ1n) is 16.5. The van der Waals surface area contributed by atoms with Crippen LogP contribution < -0.4 is 0 Å². The fourth-order valence-corrected chi connectivity index (χ4v) is 8.15. The van der Waals surface area contributed by atoms with Crippen molar-refractivity contribution in [2.24, 2.45) is 0 Å². The van der Waals surface area contributed by atoms with Crippen molar-refractivity contribution in [1.82, 2.24) is 19.9 Å². The summed E-state index contributed by atoms with van der Waals surface area (Å²) in [5.41, 5.74) is 8.45. The third-order valence-electron chi connectivity index (χ3n) is 9.27. The van der Waals surface area contributed by atoms with Crippen LogP contribution in [0.4, 0.5) is 0 Å². The molecule has 0 N–H and O–H groups in total. The summed E-state index contributed by atoms with van der Waals surface area (Å²) in [5.74, 6) is 1.72. The van der Waals surface area contributed by atoms with Crippen molar-refractivity contribution >= 4 is 53.4 Å². The van der Waals surface area contributed by atoms with Gasteiger partial charge >= 0.3 is 0 Å². The van der Waals surface area contributed by atoms with Gasteiger partial charge in [-0.1, -0.05) is 115 Å². The number of thiophene rings is 1. The number of para-hydroxylation sites is 1. The highest BCUT2D eigenvalue weighted by Crippen LogP contribution is 2.46. The number of fused-ring (bicyclic) bond motifs is 6. The normalized spacial score (nSPS) is 11.6. The van der Waals surface area contributed by atoms with Gasteiger partial charge in [0.1, 0.15) is 11.2 Å². The first-order chi connectivity index (χ1) is 24.8. The molecule has 0 bridgehead atoms. The number of pyridine rings is 1.